The van der Waals surface area contributed by atoms with Crippen LogP contribution in [0.15, 0.2) is 35.9 Å². The summed E-state index contributed by atoms with van der Waals surface area (Å²) in [6.07, 6.45) is 5.94. The Labute approximate surface area is 98.0 Å². The molecule has 0 aliphatic carbocycles. The van der Waals surface area contributed by atoms with Crippen molar-refractivity contribution < 1.29 is 0 Å². The van der Waals surface area contributed by atoms with Gasteiger partial charge in [-0.15, -0.1) is 0 Å². The van der Waals surface area contributed by atoms with Crippen molar-refractivity contribution in [3.05, 3.63) is 46.4 Å². The molecule has 0 aromatic heterocycles. The van der Waals surface area contributed by atoms with Gasteiger partial charge in [0.25, 0.3) is 0 Å². The Morgan fingerprint density at radius 2 is 1.69 bits per heavy atom. The maximum Gasteiger partial charge on any atom is 0.00175 e. The molecule has 1 nitrogen and oxygen atoms in total. The number of hydrogen-bond donors (Lipinski definition) is 1. The number of benzene rings is 1. The summed E-state index contributed by atoms with van der Waals surface area (Å²) in [7, 11) is 0. The van der Waals surface area contributed by atoms with Crippen molar-refractivity contribution in [2.45, 2.75) is 27.7 Å². The van der Waals surface area contributed by atoms with Gasteiger partial charge >= 0.3 is 0 Å². The molecule has 0 radical (unpaired) electrons. The molecule has 1 rings (SSSR count). The van der Waals surface area contributed by atoms with Gasteiger partial charge in [0, 0.05) is 6.20 Å². The first-order valence-electron chi connectivity index (χ1n) is 5.61. The van der Waals surface area contributed by atoms with Gasteiger partial charge in [0.05, 0.1) is 0 Å². The molecular formula is C15H21N. The SMILES string of the molecule is C\C(=C/C=c1/cccc/c1=C/N)C(C)(C)C. The molecule has 1 aromatic carbocycles. The Balaban J connectivity index is 3.21. The lowest BCUT2D eigenvalue weighted by Crippen LogP contribution is -2.24. The fourth-order valence-electron chi connectivity index (χ4n) is 1.28. The van der Waals surface area contributed by atoms with Crippen molar-refractivity contribution in [2.75, 3.05) is 0 Å². The molecule has 0 bridgehead atoms. The minimum Gasteiger partial charge on any atom is -0.404 e. The van der Waals surface area contributed by atoms with Crippen LogP contribution in [0.25, 0.3) is 12.3 Å². The van der Waals surface area contributed by atoms with Crippen LogP contribution < -0.4 is 16.2 Å². The summed E-state index contributed by atoms with van der Waals surface area (Å²) in [6.45, 7) is 8.81. The van der Waals surface area contributed by atoms with Gasteiger partial charge < -0.3 is 5.73 Å². The summed E-state index contributed by atoms with van der Waals surface area (Å²) in [5.74, 6) is 0. The molecule has 0 aliphatic heterocycles. The van der Waals surface area contributed by atoms with E-state index >= 15 is 0 Å². The van der Waals surface area contributed by atoms with Crippen LogP contribution in [0.5, 0.6) is 0 Å². The molecule has 0 amide bonds. The van der Waals surface area contributed by atoms with Gasteiger partial charge in [-0.2, -0.15) is 0 Å². The minimum absolute atomic E-state index is 0.220. The lowest BCUT2D eigenvalue weighted by Gasteiger charge is -2.18. The molecule has 0 heterocycles. The quantitative estimate of drug-likeness (QED) is 0.763. The first-order valence-corrected chi connectivity index (χ1v) is 5.61. The number of allylic oxidation sites excluding steroid dienone is 2. The van der Waals surface area contributed by atoms with Gasteiger partial charge in [-0.1, -0.05) is 62.8 Å². The van der Waals surface area contributed by atoms with Crippen molar-refractivity contribution in [1.29, 1.82) is 0 Å². The first kappa shape index (κ1) is 12.6. The van der Waals surface area contributed by atoms with Gasteiger partial charge in [0.1, 0.15) is 0 Å². The highest BCUT2D eigenvalue weighted by Gasteiger charge is 2.10. The van der Waals surface area contributed by atoms with Crippen LogP contribution in [0, 0.1) is 5.41 Å². The van der Waals surface area contributed by atoms with Crippen LogP contribution in [-0.4, -0.2) is 0 Å². The molecule has 0 saturated heterocycles. The van der Waals surface area contributed by atoms with E-state index in [0.717, 1.165) is 10.4 Å². The van der Waals surface area contributed by atoms with E-state index in [2.05, 4.69) is 45.9 Å². The minimum atomic E-state index is 0.220. The van der Waals surface area contributed by atoms with Crippen LogP contribution in [-0.2, 0) is 0 Å². The van der Waals surface area contributed by atoms with E-state index in [-0.39, 0.29) is 5.41 Å². The monoisotopic (exact) mass is 215 g/mol. The van der Waals surface area contributed by atoms with Crippen molar-refractivity contribution in [1.82, 2.24) is 0 Å². The molecule has 0 unspecified atom stereocenters. The number of nitrogens with two attached hydrogens (primary N) is 1. The summed E-state index contributed by atoms with van der Waals surface area (Å²) >= 11 is 0. The zero-order chi connectivity index (χ0) is 12.2. The Hall–Kier alpha value is -1.50. The van der Waals surface area contributed by atoms with E-state index in [1.54, 1.807) is 6.20 Å². The van der Waals surface area contributed by atoms with Crippen molar-refractivity contribution in [3.63, 3.8) is 0 Å². The molecule has 0 atom stereocenters. The second-order valence-electron chi connectivity index (χ2n) is 5.06. The van der Waals surface area contributed by atoms with Gasteiger partial charge in [-0.25, -0.2) is 0 Å². The largest absolute Gasteiger partial charge is 0.404 e. The molecule has 1 aromatic rings. The molecule has 0 fully saturated rings. The predicted octanol–water partition coefficient (Wildman–Crippen LogP) is 2.16. The Bertz CT molecular complexity index is 487. The molecule has 16 heavy (non-hydrogen) atoms. The summed E-state index contributed by atoms with van der Waals surface area (Å²) in [4.78, 5) is 0. The number of rotatable bonds is 1. The Morgan fingerprint density at radius 3 is 2.19 bits per heavy atom. The average Bonchev–Trinajstić information content (AvgIpc) is 2.24. The zero-order valence-corrected chi connectivity index (χ0v) is 10.6. The number of hydrogen-bond acceptors (Lipinski definition) is 1. The predicted molar refractivity (Wildman–Crippen MR) is 72.0 cm³/mol. The molecule has 0 spiro atoms. The second kappa shape index (κ2) is 5.02. The van der Waals surface area contributed by atoms with Gasteiger partial charge in [0.15, 0.2) is 0 Å². The van der Waals surface area contributed by atoms with Crippen molar-refractivity contribution in [2.24, 2.45) is 11.1 Å². The standard InChI is InChI=1S/C15H21N/c1-12(15(2,3)4)9-10-13-7-5-6-8-14(13)11-16/h5-11H,16H2,1-4H3/b12-9+,13-10-,14-11-. The van der Waals surface area contributed by atoms with Crippen LogP contribution in [0.3, 0.4) is 0 Å². The maximum atomic E-state index is 5.58. The van der Waals surface area contributed by atoms with E-state index < -0.39 is 0 Å². The van der Waals surface area contributed by atoms with Crippen LogP contribution in [0.2, 0.25) is 0 Å². The molecule has 0 aliphatic rings. The normalized spacial score (nSPS) is 15.6. The fraction of sp³-hybridized carbons (Fsp3) is 0.333. The summed E-state index contributed by atoms with van der Waals surface area (Å²) < 4.78 is 0. The summed E-state index contributed by atoms with van der Waals surface area (Å²) in [6, 6.07) is 8.12. The first-order chi connectivity index (χ1) is 7.45. The van der Waals surface area contributed by atoms with E-state index in [0.29, 0.717) is 0 Å². The smallest absolute Gasteiger partial charge is 0.00175 e. The summed E-state index contributed by atoms with van der Waals surface area (Å²) in [5.41, 5.74) is 7.16. The highest BCUT2D eigenvalue weighted by Crippen LogP contribution is 2.23. The third-order valence-corrected chi connectivity index (χ3v) is 2.87. The molecule has 2 N–H and O–H groups in total. The van der Waals surface area contributed by atoms with E-state index in [4.69, 9.17) is 5.73 Å². The third kappa shape index (κ3) is 3.27. The fourth-order valence-corrected chi connectivity index (χ4v) is 1.28. The average molecular weight is 215 g/mol. The van der Waals surface area contributed by atoms with Crippen LogP contribution in [0.4, 0.5) is 0 Å². The van der Waals surface area contributed by atoms with Crippen LogP contribution >= 0.6 is 0 Å². The van der Waals surface area contributed by atoms with Crippen molar-refractivity contribution >= 4 is 12.3 Å². The lowest BCUT2D eigenvalue weighted by molar-refractivity contribution is 0.504. The maximum absolute atomic E-state index is 5.58. The Morgan fingerprint density at radius 1 is 1.12 bits per heavy atom. The van der Waals surface area contributed by atoms with Gasteiger partial charge in [-0.05, 0) is 22.8 Å². The highest BCUT2D eigenvalue weighted by molar-refractivity contribution is 5.41. The molecule has 86 valence electrons. The topological polar surface area (TPSA) is 26.0 Å². The van der Waals surface area contributed by atoms with E-state index in [9.17, 15) is 0 Å². The van der Waals surface area contributed by atoms with E-state index in [1.165, 1.54) is 5.57 Å². The van der Waals surface area contributed by atoms with Crippen molar-refractivity contribution in [3.8, 4) is 0 Å². The highest BCUT2D eigenvalue weighted by atomic mass is 14.5. The summed E-state index contributed by atoms with van der Waals surface area (Å²) in [5, 5.41) is 2.23. The third-order valence-electron chi connectivity index (χ3n) is 2.87. The molecule has 1 heteroatoms. The van der Waals surface area contributed by atoms with E-state index in [1.807, 2.05) is 18.2 Å². The lowest BCUT2D eigenvalue weighted by atomic mass is 9.87. The second-order valence-corrected chi connectivity index (χ2v) is 5.06. The Kier molecular flexibility index (Phi) is 3.94. The molecule has 0 saturated carbocycles. The van der Waals surface area contributed by atoms with Gasteiger partial charge in [0.2, 0.25) is 0 Å². The van der Waals surface area contributed by atoms with Gasteiger partial charge in [-0.3, -0.25) is 0 Å². The van der Waals surface area contributed by atoms with Crippen LogP contribution in [0.1, 0.15) is 27.7 Å². The molecular weight excluding hydrogens is 194 g/mol. The zero-order valence-electron chi connectivity index (χ0n) is 10.6.